The molecule has 0 amide bonds. The summed E-state index contributed by atoms with van der Waals surface area (Å²) < 4.78 is 0. The van der Waals surface area contributed by atoms with Gasteiger partial charge in [0.15, 0.2) is 0 Å². The zero-order chi connectivity index (χ0) is 15.8. The average molecular weight is 315 g/mol. The van der Waals surface area contributed by atoms with Crippen LogP contribution in [0.4, 0.5) is 5.69 Å². The van der Waals surface area contributed by atoms with Gasteiger partial charge in [0.1, 0.15) is 0 Å². The molecule has 1 aromatic carbocycles. The molecular formula is C18H25N3O2. The fraction of sp³-hybridized carbons (Fsp3) is 0.667. The Hall–Kier alpha value is -1.46. The van der Waals surface area contributed by atoms with E-state index in [0.717, 1.165) is 37.5 Å². The summed E-state index contributed by atoms with van der Waals surface area (Å²) in [4.78, 5) is 15.6. The molecule has 124 valence electrons. The number of piperazine rings is 1. The molecule has 5 nitrogen and oxygen atoms in total. The third-order valence-electron chi connectivity index (χ3n) is 6.13. The summed E-state index contributed by atoms with van der Waals surface area (Å²) in [6.45, 7) is 5.50. The molecule has 2 aliphatic carbocycles. The largest absolute Gasteiger partial charge is 0.298 e. The SMILES string of the molecule is O=[N+]([O-])c1ccc(CN2CCN([C@H]3C[C@H]4CC[C@H]3C4)CC2)cc1. The van der Waals surface area contributed by atoms with Crippen molar-refractivity contribution in [2.75, 3.05) is 26.2 Å². The van der Waals surface area contributed by atoms with Gasteiger partial charge in [-0.1, -0.05) is 18.6 Å². The number of nitro groups is 1. The Labute approximate surface area is 137 Å². The monoisotopic (exact) mass is 315 g/mol. The minimum absolute atomic E-state index is 0.176. The third kappa shape index (κ3) is 3.12. The van der Waals surface area contributed by atoms with Gasteiger partial charge in [-0.2, -0.15) is 0 Å². The molecule has 1 heterocycles. The lowest BCUT2D eigenvalue weighted by Crippen LogP contribution is -2.51. The molecule has 3 fully saturated rings. The number of nitrogens with zero attached hydrogens (tertiary/aromatic N) is 3. The second-order valence-corrected chi connectivity index (χ2v) is 7.48. The van der Waals surface area contributed by atoms with E-state index < -0.39 is 0 Å². The molecule has 3 aliphatic rings. The first-order chi connectivity index (χ1) is 11.2. The van der Waals surface area contributed by atoms with Gasteiger partial charge >= 0.3 is 0 Å². The minimum Gasteiger partial charge on any atom is -0.298 e. The second kappa shape index (κ2) is 6.21. The number of nitro benzene ring substituents is 1. The predicted octanol–water partition coefficient (Wildman–Crippen LogP) is 2.90. The topological polar surface area (TPSA) is 49.6 Å². The summed E-state index contributed by atoms with van der Waals surface area (Å²) in [6.07, 6.45) is 5.85. The van der Waals surface area contributed by atoms with E-state index in [-0.39, 0.29) is 10.6 Å². The Morgan fingerprint density at radius 1 is 1.04 bits per heavy atom. The fourth-order valence-corrected chi connectivity index (χ4v) is 4.89. The normalized spacial score (nSPS) is 31.6. The van der Waals surface area contributed by atoms with E-state index in [2.05, 4.69) is 9.80 Å². The van der Waals surface area contributed by atoms with Crippen molar-refractivity contribution < 1.29 is 4.92 Å². The molecule has 0 unspecified atom stereocenters. The molecule has 0 spiro atoms. The van der Waals surface area contributed by atoms with Crippen LogP contribution in [0.3, 0.4) is 0 Å². The molecule has 4 rings (SSSR count). The van der Waals surface area contributed by atoms with Crippen LogP contribution in [-0.2, 0) is 6.54 Å². The van der Waals surface area contributed by atoms with Gasteiger partial charge in [-0.15, -0.1) is 0 Å². The molecular weight excluding hydrogens is 290 g/mol. The number of hydrogen-bond donors (Lipinski definition) is 0. The Kier molecular flexibility index (Phi) is 4.07. The molecule has 1 aliphatic heterocycles. The fourth-order valence-electron chi connectivity index (χ4n) is 4.89. The van der Waals surface area contributed by atoms with Gasteiger partial charge in [0, 0.05) is 50.9 Å². The Morgan fingerprint density at radius 3 is 2.35 bits per heavy atom. The number of non-ortho nitro benzene ring substituents is 1. The molecule has 5 heteroatoms. The first-order valence-corrected chi connectivity index (χ1v) is 8.89. The Bertz CT molecular complexity index is 566. The lowest BCUT2D eigenvalue weighted by Gasteiger charge is -2.41. The maximum atomic E-state index is 10.7. The second-order valence-electron chi connectivity index (χ2n) is 7.48. The average Bonchev–Trinajstić information content (AvgIpc) is 3.19. The Morgan fingerprint density at radius 2 is 1.78 bits per heavy atom. The maximum absolute atomic E-state index is 10.7. The molecule has 0 radical (unpaired) electrons. The molecule has 0 aromatic heterocycles. The van der Waals surface area contributed by atoms with Crippen LogP contribution in [0.1, 0.15) is 31.2 Å². The van der Waals surface area contributed by atoms with Crippen molar-refractivity contribution in [3.05, 3.63) is 39.9 Å². The van der Waals surface area contributed by atoms with Gasteiger partial charge in [0.2, 0.25) is 0 Å². The summed E-state index contributed by atoms with van der Waals surface area (Å²) in [5, 5.41) is 10.7. The summed E-state index contributed by atoms with van der Waals surface area (Å²) in [5.74, 6) is 1.99. The van der Waals surface area contributed by atoms with E-state index in [1.165, 1.54) is 44.3 Å². The van der Waals surface area contributed by atoms with E-state index in [1.54, 1.807) is 12.1 Å². The molecule has 3 atom stereocenters. The van der Waals surface area contributed by atoms with Crippen molar-refractivity contribution in [3.63, 3.8) is 0 Å². The highest BCUT2D eigenvalue weighted by Gasteiger charge is 2.42. The highest BCUT2D eigenvalue weighted by atomic mass is 16.6. The molecule has 0 N–H and O–H groups in total. The summed E-state index contributed by atoms with van der Waals surface area (Å²) in [6, 6.07) is 7.86. The van der Waals surface area contributed by atoms with Crippen LogP contribution in [-0.4, -0.2) is 46.9 Å². The standard InChI is InChI=1S/C18H25N3O2/c22-21(23)17-5-2-14(3-6-17)13-19-7-9-20(10-8-19)18-12-15-1-4-16(18)11-15/h2-3,5-6,15-16,18H,1,4,7-13H2/t15-,16-,18-/m0/s1. The highest BCUT2D eigenvalue weighted by molar-refractivity contribution is 5.32. The maximum Gasteiger partial charge on any atom is 0.269 e. The van der Waals surface area contributed by atoms with Gasteiger partial charge in [-0.25, -0.2) is 0 Å². The molecule has 2 bridgehead atoms. The van der Waals surface area contributed by atoms with Crippen LogP contribution in [0.15, 0.2) is 24.3 Å². The van der Waals surface area contributed by atoms with E-state index in [0.29, 0.717) is 0 Å². The van der Waals surface area contributed by atoms with Crippen LogP contribution in [0, 0.1) is 22.0 Å². The summed E-state index contributed by atoms with van der Waals surface area (Å²) in [7, 11) is 0. The zero-order valence-electron chi connectivity index (χ0n) is 13.6. The number of fused-ring (bicyclic) bond motifs is 2. The lowest BCUT2D eigenvalue weighted by atomic mass is 9.93. The van der Waals surface area contributed by atoms with Crippen LogP contribution in [0.2, 0.25) is 0 Å². The van der Waals surface area contributed by atoms with Crippen molar-refractivity contribution in [1.82, 2.24) is 9.80 Å². The number of benzene rings is 1. The number of rotatable bonds is 4. The highest BCUT2D eigenvalue weighted by Crippen LogP contribution is 2.46. The molecule has 1 aromatic rings. The quantitative estimate of drug-likeness (QED) is 0.633. The summed E-state index contributed by atoms with van der Waals surface area (Å²) >= 11 is 0. The predicted molar refractivity (Wildman–Crippen MR) is 89.2 cm³/mol. The van der Waals surface area contributed by atoms with Crippen LogP contribution in [0.25, 0.3) is 0 Å². The molecule has 2 saturated carbocycles. The van der Waals surface area contributed by atoms with E-state index in [1.807, 2.05) is 12.1 Å². The van der Waals surface area contributed by atoms with Crippen molar-refractivity contribution in [3.8, 4) is 0 Å². The smallest absolute Gasteiger partial charge is 0.269 e. The number of hydrogen-bond acceptors (Lipinski definition) is 4. The van der Waals surface area contributed by atoms with E-state index in [9.17, 15) is 10.1 Å². The third-order valence-corrected chi connectivity index (χ3v) is 6.13. The van der Waals surface area contributed by atoms with Gasteiger partial charge in [-0.3, -0.25) is 19.9 Å². The van der Waals surface area contributed by atoms with Gasteiger partial charge < -0.3 is 0 Å². The summed E-state index contributed by atoms with van der Waals surface area (Å²) in [5.41, 5.74) is 1.35. The van der Waals surface area contributed by atoms with Crippen molar-refractivity contribution in [1.29, 1.82) is 0 Å². The van der Waals surface area contributed by atoms with Crippen LogP contribution in [0.5, 0.6) is 0 Å². The molecule has 23 heavy (non-hydrogen) atoms. The first kappa shape index (κ1) is 15.1. The van der Waals surface area contributed by atoms with Crippen molar-refractivity contribution in [2.45, 2.75) is 38.3 Å². The lowest BCUT2D eigenvalue weighted by molar-refractivity contribution is -0.384. The van der Waals surface area contributed by atoms with Crippen LogP contribution < -0.4 is 0 Å². The minimum atomic E-state index is -0.335. The first-order valence-electron chi connectivity index (χ1n) is 8.89. The Balaban J connectivity index is 1.29. The van der Waals surface area contributed by atoms with E-state index >= 15 is 0 Å². The van der Waals surface area contributed by atoms with Crippen molar-refractivity contribution in [2.24, 2.45) is 11.8 Å². The van der Waals surface area contributed by atoms with Gasteiger partial charge in [0.25, 0.3) is 5.69 Å². The van der Waals surface area contributed by atoms with Gasteiger partial charge in [-0.05, 0) is 36.7 Å². The zero-order valence-corrected chi connectivity index (χ0v) is 13.6. The molecule has 1 saturated heterocycles. The van der Waals surface area contributed by atoms with Crippen LogP contribution >= 0.6 is 0 Å². The van der Waals surface area contributed by atoms with Crippen molar-refractivity contribution >= 4 is 5.69 Å². The van der Waals surface area contributed by atoms with Gasteiger partial charge in [0.05, 0.1) is 4.92 Å². The van der Waals surface area contributed by atoms with E-state index in [4.69, 9.17) is 0 Å².